The first-order chi connectivity index (χ1) is 4.62. The number of carbonyl (C=O) groups is 1. The molecule has 10 heavy (non-hydrogen) atoms. The zero-order valence-electron chi connectivity index (χ0n) is 5.89. The predicted molar refractivity (Wildman–Crippen MR) is 34.0 cm³/mol. The van der Waals surface area contributed by atoms with Gasteiger partial charge in [0.1, 0.15) is 0 Å². The van der Waals surface area contributed by atoms with Crippen LogP contribution in [0.5, 0.6) is 0 Å². The highest BCUT2D eigenvalue weighted by Crippen LogP contribution is 2.18. The summed E-state index contributed by atoms with van der Waals surface area (Å²) in [5.41, 5.74) is 0. The van der Waals surface area contributed by atoms with Crippen molar-refractivity contribution in [3.63, 3.8) is 0 Å². The van der Waals surface area contributed by atoms with E-state index in [-0.39, 0.29) is 5.91 Å². The summed E-state index contributed by atoms with van der Waals surface area (Å²) in [7, 11) is 0. The van der Waals surface area contributed by atoms with Crippen LogP contribution in [0.2, 0.25) is 0 Å². The van der Waals surface area contributed by atoms with Crippen molar-refractivity contribution in [2.45, 2.75) is 25.7 Å². The Morgan fingerprint density at radius 2 is 2.50 bits per heavy atom. The van der Waals surface area contributed by atoms with Crippen molar-refractivity contribution in [1.82, 2.24) is 5.32 Å². The van der Waals surface area contributed by atoms with Crippen LogP contribution < -0.4 is 5.32 Å². The number of amides is 1. The zero-order valence-corrected chi connectivity index (χ0v) is 5.89. The SMILES string of the molecule is CC(=O)NC1(O)CCCO1. The molecule has 0 aromatic carbocycles. The van der Waals surface area contributed by atoms with Gasteiger partial charge in [-0.15, -0.1) is 0 Å². The second-order valence-electron chi connectivity index (χ2n) is 2.42. The molecule has 0 spiro atoms. The average Bonchev–Trinajstić information content (AvgIpc) is 2.12. The second kappa shape index (κ2) is 2.56. The number of nitrogens with one attached hydrogen (secondary N) is 1. The number of rotatable bonds is 1. The van der Waals surface area contributed by atoms with Gasteiger partial charge in [-0.25, -0.2) is 0 Å². The van der Waals surface area contributed by atoms with Crippen molar-refractivity contribution in [2.75, 3.05) is 6.61 Å². The summed E-state index contributed by atoms with van der Waals surface area (Å²) < 4.78 is 4.87. The van der Waals surface area contributed by atoms with E-state index in [1.165, 1.54) is 6.92 Å². The summed E-state index contributed by atoms with van der Waals surface area (Å²) in [6.07, 6.45) is 1.27. The third-order valence-corrected chi connectivity index (χ3v) is 1.37. The fourth-order valence-corrected chi connectivity index (χ4v) is 0.999. The molecule has 4 heteroatoms. The highest BCUT2D eigenvalue weighted by molar-refractivity contribution is 5.73. The Morgan fingerprint density at radius 3 is 2.90 bits per heavy atom. The molecule has 0 aliphatic carbocycles. The minimum atomic E-state index is -1.38. The Morgan fingerprint density at radius 1 is 1.80 bits per heavy atom. The molecule has 1 aliphatic heterocycles. The Hall–Kier alpha value is -0.610. The minimum Gasteiger partial charge on any atom is -0.349 e. The smallest absolute Gasteiger partial charge is 0.248 e. The van der Waals surface area contributed by atoms with Crippen molar-refractivity contribution >= 4 is 5.91 Å². The van der Waals surface area contributed by atoms with Gasteiger partial charge in [-0.1, -0.05) is 0 Å². The molecule has 1 atom stereocenters. The van der Waals surface area contributed by atoms with Crippen molar-refractivity contribution in [2.24, 2.45) is 0 Å². The van der Waals surface area contributed by atoms with Gasteiger partial charge < -0.3 is 15.2 Å². The van der Waals surface area contributed by atoms with E-state index < -0.39 is 5.91 Å². The lowest BCUT2D eigenvalue weighted by Gasteiger charge is -2.21. The molecule has 4 nitrogen and oxygen atoms in total. The van der Waals surface area contributed by atoms with Gasteiger partial charge in [0, 0.05) is 13.3 Å². The molecule has 0 aromatic rings. The van der Waals surface area contributed by atoms with E-state index in [4.69, 9.17) is 4.74 Å². The molecule has 1 fully saturated rings. The first-order valence-electron chi connectivity index (χ1n) is 3.27. The number of carbonyl (C=O) groups excluding carboxylic acids is 1. The monoisotopic (exact) mass is 145 g/mol. The van der Waals surface area contributed by atoms with Crippen LogP contribution in [0.3, 0.4) is 0 Å². The molecule has 0 radical (unpaired) electrons. The van der Waals surface area contributed by atoms with Crippen LogP contribution in [-0.2, 0) is 9.53 Å². The van der Waals surface area contributed by atoms with Crippen molar-refractivity contribution in [3.8, 4) is 0 Å². The summed E-state index contributed by atoms with van der Waals surface area (Å²) in [4.78, 5) is 10.5. The maximum Gasteiger partial charge on any atom is 0.248 e. The molecule has 0 bridgehead atoms. The summed E-state index contributed by atoms with van der Waals surface area (Å²) in [5.74, 6) is -1.66. The fraction of sp³-hybridized carbons (Fsp3) is 0.833. The highest BCUT2D eigenvalue weighted by atomic mass is 16.6. The number of aliphatic hydroxyl groups is 1. The van der Waals surface area contributed by atoms with Crippen LogP contribution in [0.4, 0.5) is 0 Å². The average molecular weight is 145 g/mol. The molecule has 1 amide bonds. The third-order valence-electron chi connectivity index (χ3n) is 1.37. The van der Waals surface area contributed by atoms with Gasteiger partial charge in [-0.05, 0) is 6.42 Å². The largest absolute Gasteiger partial charge is 0.349 e. The standard InChI is InChI=1S/C6H11NO3/c1-5(8)7-6(9)3-2-4-10-6/h9H,2-4H2,1H3,(H,7,8). The minimum absolute atomic E-state index is 0.274. The van der Waals surface area contributed by atoms with Gasteiger partial charge in [0.2, 0.25) is 11.8 Å². The summed E-state index contributed by atoms with van der Waals surface area (Å²) >= 11 is 0. The Labute approximate surface area is 59.2 Å². The second-order valence-corrected chi connectivity index (χ2v) is 2.42. The third kappa shape index (κ3) is 1.68. The van der Waals surface area contributed by atoms with Gasteiger partial charge >= 0.3 is 0 Å². The Bertz CT molecular complexity index is 140. The van der Waals surface area contributed by atoms with Crippen LogP contribution >= 0.6 is 0 Å². The maximum absolute atomic E-state index is 10.5. The number of hydrogen-bond donors (Lipinski definition) is 2. The Kier molecular flexibility index (Phi) is 1.92. The van der Waals surface area contributed by atoms with Gasteiger partial charge in [0.05, 0.1) is 6.61 Å². The van der Waals surface area contributed by atoms with Gasteiger partial charge in [0.15, 0.2) is 0 Å². The molecule has 0 saturated carbocycles. The maximum atomic E-state index is 10.5. The van der Waals surface area contributed by atoms with Crippen LogP contribution in [0.15, 0.2) is 0 Å². The first-order valence-corrected chi connectivity index (χ1v) is 3.27. The topological polar surface area (TPSA) is 58.6 Å². The van der Waals surface area contributed by atoms with Crippen molar-refractivity contribution < 1.29 is 14.6 Å². The molecule has 58 valence electrons. The summed E-state index contributed by atoms with van der Waals surface area (Å²) in [5, 5.41) is 11.6. The van der Waals surface area contributed by atoms with Crippen LogP contribution in [0, 0.1) is 0 Å². The first kappa shape index (κ1) is 7.50. The van der Waals surface area contributed by atoms with Crippen molar-refractivity contribution in [1.29, 1.82) is 0 Å². The lowest BCUT2D eigenvalue weighted by atomic mass is 10.3. The van der Waals surface area contributed by atoms with E-state index in [2.05, 4.69) is 5.32 Å². The molecular weight excluding hydrogens is 134 g/mol. The van der Waals surface area contributed by atoms with E-state index in [0.717, 1.165) is 6.42 Å². The molecule has 1 heterocycles. The molecule has 2 N–H and O–H groups in total. The van der Waals surface area contributed by atoms with E-state index in [1.54, 1.807) is 0 Å². The predicted octanol–water partition coefficient (Wildman–Crippen LogP) is -0.421. The van der Waals surface area contributed by atoms with E-state index in [9.17, 15) is 9.90 Å². The van der Waals surface area contributed by atoms with E-state index in [1.807, 2.05) is 0 Å². The molecule has 1 rings (SSSR count). The lowest BCUT2D eigenvalue weighted by Crippen LogP contribution is -2.46. The summed E-state index contributed by atoms with van der Waals surface area (Å²) in [6.45, 7) is 1.86. The van der Waals surface area contributed by atoms with E-state index in [0.29, 0.717) is 13.0 Å². The highest BCUT2D eigenvalue weighted by Gasteiger charge is 2.32. The quantitative estimate of drug-likeness (QED) is 0.493. The molecule has 1 aliphatic rings. The normalized spacial score (nSPS) is 32.2. The van der Waals surface area contributed by atoms with Gasteiger partial charge in [0.25, 0.3) is 0 Å². The van der Waals surface area contributed by atoms with Crippen LogP contribution in [-0.4, -0.2) is 23.5 Å². The van der Waals surface area contributed by atoms with Crippen LogP contribution in [0.25, 0.3) is 0 Å². The molecule has 1 saturated heterocycles. The number of hydrogen-bond acceptors (Lipinski definition) is 3. The number of ether oxygens (including phenoxy) is 1. The van der Waals surface area contributed by atoms with Gasteiger partial charge in [-0.2, -0.15) is 0 Å². The fourth-order valence-electron chi connectivity index (χ4n) is 0.999. The molecule has 0 aromatic heterocycles. The lowest BCUT2D eigenvalue weighted by molar-refractivity contribution is -0.195. The molecular formula is C6H11NO3. The Balaban J connectivity index is 2.43. The van der Waals surface area contributed by atoms with Gasteiger partial charge in [-0.3, -0.25) is 4.79 Å². The molecule has 1 unspecified atom stereocenters. The summed E-state index contributed by atoms with van der Waals surface area (Å²) in [6, 6.07) is 0. The van der Waals surface area contributed by atoms with Crippen molar-refractivity contribution in [3.05, 3.63) is 0 Å². The van der Waals surface area contributed by atoms with E-state index >= 15 is 0 Å². The zero-order chi connectivity index (χ0) is 7.61. The van der Waals surface area contributed by atoms with Crippen LogP contribution in [0.1, 0.15) is 19.8 Å².